The third kappa shape index (κ3) is 2.22. The van der Waals surface area contributed by atoms with Gasteiger partial charge in [-0.25, -0.2) is 0 Å². The zero-order valence-electron chi connectivity index (χ0n) is 11.6. The summed E-state index contributed by atoms with van der Waals surface area (Å²) in [5, 5.41) is 9.00. The van der Waals surface area contributed by atoms with Crippen molar-refractivity contribution in [3.05, 3.63) is 29.3 Å². The van der Waals surface area contributed by atoms with E-state index < -0.39 is 6.29 Å². The van der Waals surface area contributed by atoms with Crippen molar-refractivity contribution in [2.45, 2.75) is 44.3 Å². The quantitative estimate of drug-likeness (QED) is 0.680. The van der Waals surface area contributed by atoms with Crippen molar-refractivity contribution in [2.24, 2.45) is 5.41 Å². The molecule has 1 aromatic carbocycles. The summed E-state index contributed by atoms with van der Waals surface area (Å²) in [4.78, 5) is -0.0445. The van der Waals surface area contributed by atoms with Gasteiger partial charge in [-0.2, -0.15) is 5.26 Å². The van der Waals surface area contributed by atoms with Crippen LogP contribution in [0.15, 0.2) is 18.2 Å². The molecule has 0 aliphatic carbocycles. The van der Waals surface area contributed by atoms with E-state index in [-0.39, 0.29) is 22.6 Å². The number of nitrogens with zero attached hydrogens (tertiary/aromatic N) is 1. The summed E-state index contributed by atoms with van der Waals surface area (Å²) >= 11 is 3.66. The number of alkyl halides is 1. The van der Waals surface area contributed by atoms with Crippen LogP contribution in [0.3, 0.4) is 0 Å². The smallest absolute Gasteiger partial charge is 0.230 e. The van der Waals surface area contributed by atoms with Gasteiger partial charge in [0, 0.05) is 11.0 Å². The second-order valence-corrected chi connectivity index (χ2v) is 7.17. The van der Waals surface area contributed by atoms with E-state index in [1.165, 1.54) is 0 Å². The highest BCUT2D eigenvalue weighted by molar-refractivity contribution is 9.09. The summed E-state index contributed by atoms with van der Waals surface area (Å²) < 4.78 is 17.7. The molecule has 1 fully saturated rings. The lowest BCUT2D eigenvalue weighted by Crippen LogP contribution is -2.36. The number of ether oxygens (including phenoxy) is 3. The number of rotatable bonds is 0. The van der Waals surface area contributed by atoms with Crippen molar-refractivity contribution in [3.8, 4) is 11.8 Å². The summed E-state index contributed by atoms with van der Waals surface area (Å²) in [6.07, 6.45) is -0.924. The molecular weight excluding hydrogens is 322 g/mol. The summed E-state index contributed by atoms with van der Waals surface area (Å²) in [6.45, 7) is 6.21. The van der Waals surface area contributed by atoms with Crippen LogP contribution in [-0.2, 0) is 9.47 Å². The van der Waals surface area contributed by atoms with Crippen molar-refractivity contribution in [1.29, 1.82) is 5.26 Å². The Labute approximate surface area is 126 Å². The van der Waals surface area contributed by atoms with Gasteiger partial charge in [-0.3, -0.25) is 0 Å². The Bertz CT molecular complexity index is 575. The first kappa shape index (κ1) is 13.9. The van der Waals surface area contributed by atoms with E-state index in [0.29, 0.717) is 5.56 Å². The topological polar surface area (TPSA) is 51.5 Å². The van der Waals surface area contributed by atoms with Gasteiger partial charge in [-0.1, -0.05) is 36.7 Å². The SMILES string of the molecule is CC(C)(C)C1OC2Oc3ccc(C#N)cc3C(Br)C2O1. The fourth-order valence-electron chi connectivity index (χ4n) is 2.39. The molecular formula is C15H16BrNO3. The molecule has 0 bridgehead atoms. The van der Waals surface area contributed by atoms with Crippen molar-refractivity contribution in [2.75, 3.05) is 0 Å². The minimum atomic E-state index is -0.413. The fraction of sp³-hybridized carbons (Fsp3) is 0.533. The van der Waals surface area contributed by atoms with E-state index in [2.05, 4.69) is 42.8 Å². The summed E-state index contributed by atoms with van der Waals surface area (Å²) in [6, 6.07) is 7.53. The van der Waals surface area contributed by atoms with Gasteiger partial charge in [0.1, 0.15) is 11.9 Å². The first-order chi connectivity index (χ1) is 9.40. The molecule has 1 saturated heterocycles. The van der Waals surface area contributed by atoms with E-state index in [1.54, 1.807) is 6.07 Å². The highest BCUT2D eigenvalue weighted by atomic mass is 79.9. The lowest BCUT2D eigenvalue weighted by atomic mass is 9.96. The lowest BCUT2D eigenvalue weighted by molar-refractivity contribution is -0.153. The second kappa shape index (κ2) is 4.73. The Morgan fingerprint density at radius 2 is 2.00 bits per heavy atom. The number of halogens is 1. The molecule has 2 heterocycles. The maximum atomic E-state index is 9.00. The van der Waals surface area contributed by atoms with Gasteiger partial charge in [-0.15, -0.1) is 0 Å². The lowest BCUT2D eigenvalue weighted by Gasteiger charge is -2.30. The first-order valence-electron chi connectivity index (χ1n) is 6.56. The summed E-state index contributed by atoms with van der Waals surface area (Å²) in [5.41, 5.74) is 1.43. The molecule has 0 N–H and O–H groups in total. The Hall–Kier alpha value is -1.09. The van der Waals surface area contributed by atoms with E-state index in [9.17, 15) is 0 Å². The minimum absolute atomic E-state index is 0.0445. The van der Waals surface area contributed by atoms with E-state index in [1.807, 2.05) is 12.1 Å². The zero-order valence-corrected chi connectivity index (χ0v) is 13.2. The van der Waals surface area contributed by atoms with Gasteiger partial charge in [0.25, 0.3) is 0 Å². The van der Waals surface area contributed by atoms with Gasteiger partial charge in [0.05, 0.1) is 16.5 Å². The van der Waals surface area contributed by atoms with Gasteiger partial charge >= 0.3 is 0 Å². The molecule has 1 aromatic rings. The molecule has 0 aromatic heterocycles. The average Bonchev–Trinajstić information content (AvgIpc) is 2.83. The Balaban J connectivity index is 1.91. The monoisotopic (exact) mass is 337 g/mol. The molecule has 4 atom stereocenters. The third-order valence-electron chi connectivity index (χ3n) is 3.48. The molecule has 5 heteroatoms. The van der Waals surface area contributed by atoms with Crippen LogP contribution in [0.25, 0.3) is 0 Å². The average molecular weight is 338 g/mol. The number of benzene rings is 1. The molecule has 0 amide bonds. The van der Waals surface area contributed by atoms with Crippen molar-refractivity contribution < 1.29 is 14.2 Å². The number of hydrogen-bond donors (Lipinski definition) is 0. The van der Waals surface area contributed by atoms with Crippen LogP contribution in [0, 0.1) is 16.7 Å². The van der Waals surface area contributed by atoms with E-state index in [4.69, 9.17) is 19.5 Å². The van der Waals surface area contributed by atoms with Gasteiger partial charge in [0.15, 0.2) is 6.29 Å². The Morgan fingerprint density at radius 1 is 1.25 bits per heavy atom. The van der Waals surface area contributed by atoms with Crippen molar-refractivity contribution >= 4 is 15.9 Å². The van der Waals surface area contributed by atoms with Crippen LogP contribution in [0.2, 0.25) is 0 Å². The third-order valence-corrected chi connectivity index (χ3v) is 4.50. The zero-order chi connectivity index (χ0) is 14.5. The number of hydrogen-bond acceptors (Lipinski definition) is 4. The summed E-state index contributed by atoms with van der Waals surface area (Å²) in [7, 11) is 0. The predicted molar refractivity (Wildman–Crippen MR) is 76.4 cm³/mol. The molecule has 3 rings (SSSR count). The molecule has 2 aliphatic heterocycles. The molecule has 4 nitrogen and oxygen atoms in total. The second-order valence-electron chi connectivity index (χ2n) is 6.19. The van der Waals surface area contributed by atoms with Crippen molar-refractivity contribution in [1.82, 2.24) is 0 Å². The van der Waals surface area contributed by atoms with Crippen LogP contribution < -0.4 is 4.74 Å². The van der Waals surface area contributed by atoms with Gasteiger partial charge in [-0.05, 0) is 18.2 Å². The predicted octanol–water partition coefficient (Wildman–Crippen LogP) is 3.50. The molecule has 0 spiro atoms. The first-order valence-corrected chi connectivity index (χ1v) is 7.47. The maximum Gasteiger partial charge on any atom is 0.230 e. The highest BCUT2D eigenvalue weighted by Crippen LogP contribution is 2.47. The minimum Gasteiger partial charge on any atom is -0.462 e. The van der Waals surface area contributed by atoms with Gasteiger partial charge < -0.3 is 14.2 Å². The molecule has 0 radical (unpaired) electrons. The Morgan fingerprint density at radius 3 is 2.65 bits per heavy atom. The largest absolute Gasteiger partial charge is 0.462 e. The number of fused-ring (bicyclic) bond motifs is 2. The summed E-state index contributed by atoms with van der Waals surface area (Å²) in [5.74, 6) is 0.741. The van der Waals surface area contributed by atoms with Crippen LogP contribution in [0.1, 0.15) is 36.7 Å². The Kier molecular flexibility index (Phi) is 3.28. The molecule has 20 heavy (non-hydrogen) atoms. The highest BCUT2D eigenvalue weighted by Gasteiger charge is 2.49. The maximum absolute atomic E-state index is 9.00. The fourth-order valence-corrected chi connectivity index (χ4v) is 3.12. The standard InChI is InChI=1S/C15H16BrNO3/c1-15(2,3)14-19-12-11(16)9-6-8(7-17)4-5-10(9)18-13(12)20-14/h4-6,11-14H,1-3H3. The van der Waals surface area contributed by atoms with Crippen LogP contribution >= 0.6 is 15.9 Å². The molecule has 4 unspecified atom stereocenters. The van der Waals surface area contributed by atoms with Crippen molar-refractivity contribution in [3.63, 3.8) is 0 Å². The van der Waals surface area contributed by atoms with Crippen LogP contribution in [-0.4, -0.2) is 18.7 Å². The van der Waals surface area contributed by atoms with Crippen LogP contribution in [0.5, 0.6) is 5.75 Å². The van der Waals surface area contributed by atoms with E-state index in [0.717, 1.165) is 11.3 Å². The normalized spacial score (nSPS) is 31.9. The molecule has 106 valence electrons. The molecule has 0 saturated carbocycles. The van der Waals surface area contributed by atoms with Crippen LogP contribution in [0.4, 0.5) is 0 Å². The van der Waals surface area contributed by atoms with E-state index >= 15 is 0 Å². The number of nitriles is 1. The van der Waals surface area contributed by atoms with Gasteiger partial charge in [0.2, 0.25) is 6.29 Å². The molecule has 2 aliphatic rings.